The zero-order valence-corrected chi connectivity index (χ0v) is 10.3. The second kappa shape index (κ2) is 3.88. The third kappa shape index (κ3) is 1.75. The average Bonchev–Trinajstić information content (AvgIpc) is 2.17. The van der Waals surface area contributed by atoms with Crippen LogP contribution in [0, 0.1) is 6.92 Å². The summed E-state index contributed by atoms with van der Waals surface area (Å²) in [7, 11) is 2.22. The van der Waals surface area contributed by atoms with Gasteiger partial charge in [0.15, 0.2) is 0 Å². The molecule has 1 aromatic rings. The van der Waals surface area contributed by atoms with Gasteiger partial charge in [-0.2, -0.15) is 0 Å². The first kappa shape index (κ1) is 10.5. The normalized spacial score (nSPS) is 15.7. The van der Waals surface area contributed by atoms with Crippen LogP contribution in [0.2, 0.25) is 0 Å². The fraction of sp³-hybridized carbons (Fsp3) is 0.571. The molecular formula is C14H21N. The summed E-state index contributed by atoms with van der Waals surface area (Å²) in [6.45, 7) is 8.01. The molecular weight excluding hydrogens is 182 g/mol. The van der Waals surface area contributed by atoms with E-state index in [4.69, 9.17) is 0 Å². The molecule has 1 aliphatic heterocycles. The molecule has 0 saturated carbocycles. The maximum absolute atomic E-state index is 2.42. The number of hydrogen-bond acceptors (Lipinski definition) is 1. The van der Waals surface area contributed by atoms with Crippen LogP contribution < -0.4 is 4.90 Å². The van der Waals surface area contributed by atoms with Gasteiger partial charge in [0, 0.05) is 19.3 Å². The molecule has 1 aliphatic rings. The molecule has 1 aromatic carbocycles. The van der Waals surface area contributed by atoms with Crippen molar-refractivity contribution < 1.29 is 0 Å². The molecule has 0 radical (unpaired) electrons. The zero-order valence-electron chi connectivity index (χ0n) is 10.3. The lowest BCUT2D eigenvalue weighted by Gasteiger charge is -2.31. The molecule has 0 fully saturated rings. The van der Waals surface area contributed by atoms with Crippen LogP contribution in [0.15, 0.2) is 12.1 Å². The highest BCUT2D eigenvalue weighted by Gasteiger charge is 2.19. The minimum atomic E-state index is 0.644. The van der Waals surface area contributed by atoms with Crippen molar-refractivity contribution in [3.05, 3.63) is 28.8 Å². The van der Waals surface area contributed by atoms with Gasteiger partial charge in [0.05, 0.1) is 0 Å². The molecule has 0 aromatic heterocycles. The summed E-state index contributed by atoms with van der Waals surface area (Å²) in [4.78, 5) is 2.42. The Morgan fingerprint density at radius 2 is 2.00 bits per heavy atom. The Morgan fingerprint density at radius 1 is 1.27 bits per heavy atom. The van der Waals surface area contributed by atoms with E-state index >= 15 is 0 Å². The molecule has 0 saturated heterocycles. The number of aryl methyl sites for hydroxylation is 1. The highest BCUT2D eigenvalue weighted by atomic mass is 15.1. The van der Waals surface area contributed by atoms with E-state index in [9.17, 15) is 0 Å². The van der Waals surface area contributed by atoms with Crippen molar-refractivity contribution in [1.29, 1.82) is 0 Å². The highest BCUT2D eigenvalue weighted by molar-refractivity contribution is 5.63. The van der Waals surface area contributed by atoms with Gasteiger partial charge in [-0.15, -0.1) is 0 Å². The van der Waals surface area contributed by atoms with Gasteiger partial charge in [-0.1, -0.05) is 26.0 Å². The van der Waals surface area contributed by atoms with Gasteiger partial charge in [-0.25, -0.2) is 0 Å². The predicted molar refractivity (Wildman–Crippen MR) is 66.9 cm³/mol. The standard InChI is InChI=1S/C14H21N/c1-10(2)12-8-7-11(3)14-13(12)6-5-9-15(14)4/h7-8,10H,5-6,9H2,1-4H3. The van der Waals surface area contributed by atoms with Gasteiger partial charge in [0.2, 0.25) is 0 Å². The third-order valence-corrected chi connectivity index (χ3v) is 3.44. The van der Waals surface area contributed by atoms with Crippen molar-refractivity contribution in [3.8, 4) is 0 Å². The van der Waals surface area contributed by atoms with Crippen molar-refractivity contribution in [2.75, 3.05) is 18.5 Å². The molecule has 82 valence electrons. The number of benzene rings is 1. The fourth-order valence-electron chi connectivity index (χ4n) is 2.71. The molecule has 0 unspecified atom stereocenters. The van der Waals surface area contributed by atoms with Crippen LogP contribution in [0.4, 0.5) is 5.69 Å². The lowest BCUT2D eigenvalue weighted by atomic mass is 9.88. The summed E-state index contributed by atoms with van der Waals surface area (Å²) in [5.41, 5.74) is 6.06. The minimum Gasteiger partial charge on any atom is -0.374 e. The third-order valence-electron chi connectivity index (χ3n) is 3.44. The van der Waals surface area contributed by atoms with E-state index in [0.29, 0.717) is 5.92 Å². The SMILES string of the molecule is Cc1ccc(C(C)C)c2c1N(C)CCC2. The average molecular weight is 203 g/mol. The van der Waals surface area contributed by atoms with Crippen LogP contribution in [0.3, 0.4) is 0 Å². The molecule has 2 rings (SSSR count). The topological polar surface area (TPSA) is 3.24 Å². The molecule has 1 heterocycles. The van der Waals surface area contributed by atoms with Gasteiger partial charge in [-0.05, 0) is 42.4 Å². The van der Waals surface area contributed by atoms with E-state index < -0.39 is 0 Å². The summed E-state index contributed by atoms with van der Waals surface area (Å²) in [6.07, 6.45) is 2.56. The second-order valence-corrected chi connectivity index (χ2v) is 4.98. The summed E-state index contributed by atoms with van der Waals surface area (Å²) in [5, 5.41) is 0. The van der Waals surface area contributed by atoms with Crippen LogP contribution in [0.25, 0.3) is 0 Å². The van der Waals surface area contributed by atoms with Crippen LogP contribution in [0.1, 0.15) is 42.9 Å². The molecule has 0 spiro atoms. The smallest absolute Gasteiger partial charge is 0.0428 e. The Kier molecular flexibility index (Phi) is 2.72. The molecule has 0 amide bonds. The summed E-state index contributed by atoms with van der Waals surface area (Å²) < 4.78 is 0. The maximum Gasteiger partial charge on any atom is 0.0428 e. The highest BCUT2D eigenvalue weighted by Crippen LogP contribution is 2.35. The molecule has 0 aliphatic carbocycles. The Hall–Kier alpha value is -0.980. The van der Waals surface area contributed by atoms with Crippen LogP contribution >= 0.6 is 0 Å². The quantitative estimate of drug-likeness (QED) is 0.675. The summed E-state index contributed by atoms with van der Waals surface area (Å²) in [5.74, 6) is 0.644. The first-order valence-corrected chi connectivity index (χ1v) is 5.94. The molecule has 1 heteroatoms. The molecule has 15 heavy (non-hydrogen) atoms. The molecule has 0 atom stereocenters. The number of hydrogen-bond donors (Lipinski definition) is 0. The van der Waals surface area contributed by atoms with Gasteiger partial charge < -0.3 is 4.90 Å². The summed E-state index contributed by atoms with van der Waals surface area (Å²) >= 11 is 0. The van der Waals surface area contributed by atoms with Crippen molar-refractivity contribution in [3.63, 3.8) is 0 Å². The van der Waals surface area contributed by atoms with Crippen LogP contribution in [-0.4, -0.2) is 13.6 Å². The van der Waals surface area contributed by atoms with Crippen molar-refractivity contribution in [2.24, 2.45) is 0 Å². The van der Waals surface area contributed by atoms with Crippen LogP contribution in [0.5, 0.6) is 0 Å². The maximum atomic E-state index is 2.42. The van der Waals surface area contributed by atoms with Crippen molar-refractivity contribution in [2.45, 2.75) is 39.5 Å². The number of anilines is 1. The predicted octanol–water partition coefficient (Wildman–Crippen LogP) is 3.50. The Bertz CT molecular complexity index is 366. The van der Waals surface area contributed by atoms with Crippen molar-refractivity contribution >= 4 is 5.69 Å². The van der Waals surface area contributed by atoms with Gasteiger partial charge >= 0.3 is 0 Å². The number of fused-ring (bicyclic) bond motifs is 1. The van der Waals surface area contributed by atoms with Crippen LogP contribution in [-0.2, 0) is 6.42 Å². The lowest BCUT2D eigenvalue weighted by molar-refractivity contribution is 0.720. The lowest BCUT2D eigenvalue weighted by Crippen LogP contribution is -2.26. The van der Waals surface area contributed by atoms with Crippen molar-refractivity contribution in [1.82, 2.24) is 0 Å². The van der Waals surface area contributed by atoms with Gasteiger partial charge in [0.25, 0.3) is 0 Å². The molecule has 1 nitrogen and oxygen atoms in total. The Labute approximate surface area is 93.1 Å². The first-order valence-electron chi connectivity index (χ1n) is 5.94. The summed E-state index contributed by atoms with van der Waals surface area (Å²) in [6, 6.07) is 4.59. The minimum absolute atomic E-state index is 0.644. The Balaban J connectivity index is 2.58. The van der Waals surface area contributed by atoms with Gasteiger partial charge in [-0.3, -0.25) is 0 Å². The number of nitrogens with zero attached hydrogens (tertiary/aromatic N) is 1. The Morgan fingerprint density at radius 3 is 2.67 bits per heavy atom. The number of rotatable bonds is 1. The fourth-order valence-corrected chi connectivity index (χ4v) is 2.71. The molecule has 0 N–H and O–H groups in total. The largest absolute Gasteiger partial charge is 0.374 e. The van der Waals surface area contributed by atoms with E-state index in [1.807, 2.05) is 0 Å². The monoisotopic (exact) mass is 203 g/mol. The van der Waals surface area contributed by atoms with E-state index in [2.05, 4.69) is 44.9 Å². The van der Waals surface area contributed by atoms with E-state index in [1.54, 1.807) is 11.1 Å². The zero-order chi connectivity index (χ0) is 11.0. The van der Waals surface area contributed by atoms with E-state index in [0.717, 1.165) is 0 Å². The van der Waals surface area contributed by atoms with E-state index in [-0.39, 0.29) is 0 Å². The second-order valence-electron chi connectivity index (χ2n) is 4.98. The molecule has 0 bridgehead atoms. The first-order chi connectivity index (χ1) is 7.11. The van der Waals surface area contributed by atoms with Gasteiger partial charge in [0.1, 0.15) is 0 Å². The van der Waals surface area contributed by atoms with E-state index in [1.165, 1.54) is 30.6 Å².